The quantitative estimate of drug-likeness (QED) is 0.397. The van der Waals surface area contributed by atoms with Gasteiger partial charge in [-0.2, -0.15) is 0 Å². The van der Waals surface area contributed by atoms with Crippen molar-refractivity contribution < 1.29 is 14.1 Å². The lowest BCUT2D eigenvalue weighted by molar-refractivity contribution is -0.130. The summed E-state index contributed by atoms with van der Waals surface area (Å²) in [5.41, 5.74) is 2.09. The second kappa shape index (κ2) is 6.86. The number of amides is 2. The molecule has 0 spiro atoms. The van der Waals surface area contributed by atoms with Gasteiger partial charge in [-0.15, -0.1) is 0 Å². The predicted octanol–water partition coefficient (Wildman–Crippen LogP) is -0.812. The number of nitrogens with zero attached hydrogens (tertiary/aromatic N) is 3. The molecule has 8 heteroatoms. The van der Waals surface area contributed by atoms with Gasteiger partial charge in [-0.25, -0.2) is 5.84 Å². The minimum absolute atomic E-state index is 0.00119. The van der Waals surface area contributed by atoms with Crippen molar-refractivity contribution >= 4 is 11.8 Å². The molecule has 0 saturated carbocycles. The molecule has 19 heavy (non-hydrogen) atoms. The second-order valence-corrected chi connectivity index (χ2v) is 4.24. The Morgan fingerprint density at radius 2 is 2.16 bits per heavy atom. The Bertz CT molecular complexity index is 443. The summed E-state index contributed by atoms with van der Waals surface area (Å²) >= 11 is 0. The average Bonchev–Trinajstić information content (AvgIpc) is 2.85. The number of rotatable bonds is 6. The van der Waals surface area contributed by atoms with Gasteiger partial charge in [0.15, 0.2) is 11.5 Å². The molecule has 2 amide bonds. The smallest absolute Gasteiger partial charge is 0.287 e. The summed E-state index contributed by atoms with van der Waals surface area (Å²) in [5, 5.41) is 3.60. The van der Waals surface area contributed by atoms with Crippen molar-refractivity contribution in [3.8, 4) is 0 Å². The highest BCUT2D eigenvalue weighted by Gasteiger charge is 2.16. The molecular weight excluding hydrogens is 250 g/mol. The van der Waals surface area contributed by atoms with Crippen molar-refractivity contribution in [2.45, 2.75) is 13.5 Å². The molecule has 0 fully saturated rings. The van der Waals surface area contributed by atoms with E-state index in [1.54, 1.807) is 14.1 Å². The summed E-state index contributed by atoms with van der Waals surface area (Å²) in [6.45, 7) is 3.30. The second-order valence-electron chi connectivity index (χ2n) is 4.24. The maximum Gasteiger partial charge on any atom is 0.287 e. The average molecular weight is 269 g/mol. The van der Waals surface area contributed by atoms with E-state index in [0.717, 1.165) is 0 Å². The number of hydrogen-bond donors (Lipinski definition) is 2. The lowest BCUT2D eigenvalue weighted by atomic mass is 10.3. The van der Waals surface area contributed by atoms with Crippen LogP contribution in [-0.2, 0) is 11.3 Å². The van der Waals surface area contributed by atoms with Crippen LogP contribution >= 0.6 is 0 Å². The Kier molecular flexibility index (Phi) is 5.46. The number of aromatic nitrogens is 1. The zero-order valence-corrected chi connectivity index (χ0v) is 11.3. The Morgan fingerprint density at radius 3 is 2.68 bits per heavy atom. The van der Waals surface area contributed by atoms with E-state index in [1.165, 1.54) is 11.0 Å². The molecule has 0 atom stereocenters. The van der Waals surface area contributed by atoms with E-state index in [0.29, 0.717) is 18.8 Å². The van der Waals surface area contributed by atoms with E-state index in [2.05, 4.69) is 5.16 Å². The van der Waals surface area contributed by atoms with Gasteiger partial charge < -0.3 is 9.42 Å². The van der Waals surface area contributed by atoms with Gasteiger partial charge in [-0.05, 0) is 6.54 Å². The summed E-state index contributed by atoms with van der Waals surface area (Å²) in [6.07, 6.45) is 0. The Balaban J connectivity index is 2.63. The molecule has 0 aromatic carbocycles. The molecule has 8 nitrogen and oxygen atoms in total. The summed E-state index contributed by atoms with van der Waals surface area (Å²) in [4.78, 5) is 26.2. The summed E-state index contributed by atoms with van der Waals surface area (Å²) < 4.78 is 5.03. The number of hydrazine groups is 1. The lowest BCUT2D eigenvalue weighted by Crippen LogP contribution is -2.36. The topological polar surface area (TPSA) is 105 Å². The summed E-state index contributed by atoms with van der Waals surface area (Å²) in [7, 11) is 3.41. The molecule has 0 aliphatic carbocycles. The molecule has 0 bridgehead atoms. The zero-order valence-electron chi connectivity index (χ0n) is 11.3. The van der Waals surface area contributed by atoms with Crippen LogP contribution < -0.4 is 11.3 Å². The third-order valence-electron chi connectivity index (χ3n) is 2.61. The first-order chi connectivity index (χ1) is 8.97. The van der Waals surface area contributed by atoms with Crippen molar-refractivity contribution in [3.05, 3.63) is 17.5 Å². The fraction of sp³-hybridized carbons (Fsp3) is 0.545. The molecular formula is C11H19N5O3. The molecule has 1 heterocycles. The van der Waals surface area contributed by atoms with Crippen molar-refractivity contribution in [1.82, 2.24) is 20.4 Å². The summed E-state index contributed by atoms with van der Waals surface area (Å²) in [5.74, 6) is 4.99. The fourth-order valence-corrected chi connectivity index (χ4v) is 1.40. The molecule has 0 aliphatic rings. The predicted molar refractivity (Wildman–Crippen MR) is 67.8 cm³/mol. The van der Waals surface area contributed by atoms with Crippen molar-refractivity contribution in [2.75, 3.05) is 27.2 Å². The van der Waals surface area contributed by atoms with E-state index in [4.69, 9.17) is 10.4 Å². The molecule has 0 radical (unpaired) electrons. The number of nitrogens with one attached hydrogen (secondary N) is 1. The maximum absolute atomic E-state index is 11.6. The van der Waals surface area contributed by atoms with Crippen LogP contribution in [0.25, 0.3) is 0 Å². The Morgan fingerprint density at radius 1 is 1.47 bits per heavy atom. The highest BCUT2D eigenvalue weighted by molar-refractivity contribution is 5.91. The van der Waals surface area contributed by atoms with Crippen LogP contribution in [0.2, 0.25) is 0 Å². The van der Waals surface area contributed by atoms with Crippen molar-refractivity contribution in [3.63, 3.8) is 0 Å². The normalized spacial score (nSPS) is 10.6. The third kappa shape index (κ3) is 4.34. The monoisotopic (exact) mass is 269 g/mol. The van der Waals surface area contributed by atoms with Gasteiger partial charge in [-0.3, -0.25) is 19.9 Å². The van der Waals surface area contributed by atoms with Crippen LogP contribution in [0.4, 0.5) is 0 Å². The minimum Gasteiger partial charge on any atom is -0.359 e. The van der Waals surface area contributed by atoms with Crippen LogP contribution in [0.15, 0.2) is 10.6 Å². The van der Waals surface area contributed by atoms with Gasteiger partial charge >= 0.3 is 0 Å². The number of nitrogen functional groups attached to an aromatic ring is 1. The van der Waals surface area contributed by atoms with E-state index >= 15 is 0 Å². The van der Waals surface area contributed by atoms with E-state index in [1.807, 2.05) is 17.2 Å². The van der Waals surface area contributed by atoms with Crippen molar-refractivity contribution in [1.29, 1.82) is 0 Å². The number of carbonyl (C=O) groups is 2. The third-order valence-corrected chi connectivity index (χ3v) is 2.61. The van der Waals surface area contributed by atoms with Gasteiger partial charge in [0.05, 0.1) is 13.1 Å². The first-order valence-electron chi connectivity index (χ1n) is 5.87. The van der Waals surface area contributed by atoms with Gasteiger partial charge in [-0.1, -0.05) is 12.1 Å². The highest BCUT2D eigenvalue weighted by Crippen LogP contribution is 2.07. The first-order valence-corrected chi connectivity index (χ1v) is 5.87. The van der Waals surface area contributed by atoms with Gasteiger partial charge in [0.1, 0.15) is 0 Å². The largest absolute Gasteiger partial charge is 0.359 e. The lowest BCUT2D eigenvalue weighted by Gasteiger charge is -2.20. The maximum atomic E-state index is 11.6. The fourth-order valence-electron chi connectivity index (χ4n) is 1.40. The Hall–Kier alpha value is -1.93. The van der Waals surface area contributed by atoms with Crippen molar-refractivity contribution in [2.24, 2.45) is 5.84 Å². The SMILES string of the molecule is CCN(CC(=O)N(C)C)Cc1cc(C(=O)NN)no1. The van der Waals surface area contributed by atoms with Crippen LogP contribution in [0.1, 0.15) is 23.2 Å². The van der Waals surface area contributed by atoms with Gasteiger partial charge in [0.25, 0.3) is 5.91 Å². The number of hydrogen-bond acceptors (Lipinski definition) is 6. The molecule has 3 N–H and O–H groups in total. The standard InChI is InChI=1S/C11H19N5O3/c1-4-16(7-10(17)15(2)3)6-8-5-9(14-19-8)11(18)13-12/h5H,4,6-7,12H2,1-3H3,(H,13,18). The highest BCUT2D eigenvalue weighted by atomic mass is 16.5. The van der Waals surface area contributed by atoms with Gasteiger partial charge in [0.2, 0.25) is 5.91 Å². The van der Waals surface area contributed by atoms with Crippen LogP contribution in [0.3, 0.4) is 0 Å². The molecule has 106 valence electrons. The first kappa shape index (κ1) is 15.1. The van der Waals surface area contributed by atoms with E-state index < -0.39 is 5.91 Å². The molecule has 1 aromatic rings. The number of likely N-dealkylation sites (N-methyl/N-ethyl adjacent to an activating group) is 2. The Labute approximate surface area is 111 Å². The van der Waals surface area contributed by atoms with Crippen LogP contribution in [0.5, 0.6) is 0 Å². The molecule has 1 aromatic heterocycles. The molecule has 0 saturated heterocycles. The molecule has 1 rings (SSSR count). The van der Waals surface area contributed by atoms with Crippen LogP contribution in [0, 0.1) is 0 Å². The summed E-state index contributed by atoms with van der Waals surface area (Å²) in [6, 6.07) is 1.50. The minimum atomic E-state index is -0.512. The molecule has 0 unspecified atom stereocenters. The number of carbonyl (C=O) groups excluding carboxylic acids is 2. The van der Waals surface area contributed by atoms with E-state index in [-0.39, 0.29) is 18.1 Å². The number of nitrogens with two attached hydrogens (primary N) is 1. The zero-order chi connectivity index (χ0) is 14.4. The molecule has 0 aliphatic heterocycles. The van der Waals surface area contributed by atoms with E-state index in [9.17, 15) is 9.59 Å². The van der Waals surface area contributed by atoms with Crippen LogP contribution in [-0.4, -0.2) is 54.0 Å². The van der Waals surface area contributed by atoms with Gasteiger partial charge in [0, 0.05) is 20.2 Å².